The van der Waals surface area contributed by atoms with E-state index >= 15 is 0 Å². The van der Waals surface area contributed by atoms with Crippen molar-refractivity contribution < 1.29 is 42.9 Å². The zero-order valence-corrected chi connectivity index (χ0v) is 18.1. The maximum atomic E-state index is 11.7. The molecule has 5 atom stereocenters. The fourth-order valence-corrected chi connectivity index (χ4v) is 3.51. The Kier molecular flexibility index (Phi) is 8.63. The zero-order chi connectivity index (χ0) is 21.6. The lowest BCUT2D eigenvalue weighted by Crippen LogP contribution is -2.61. The van der Waals surface area contributed by atoms with Crippen molar-refractivity contribution >= 4 is 30.9 Å². The summed E-state index contributed by atoms with van der Waals surface area (Å²) in [5.41, 5.74) is 0. The molecule has 1 saturated heterocycles. The predicted molar refractivity (Wildman–Crippen MR) is 99.1 cm³/mol. The second kappa shape index (κ2) is 10.0. The zero-order valence-electron chi connectivity index (χ0n) is 17.2. The van der Waals surface area contributed by atoms with Gasteiger partial charge >= 0.3 is 23.9 Å². The van der Waals surface area contributed by atoms with Gasteiger partial charge in [0, 0.05) is 27.7 Å². The number of carbonyl (C=O) groups excluding carboxylic acids is 4. The lowest BCUT2D eigenvalue weighted by molar-refractivity contribution is -0.250. The smallest absolute Gasteiger partial charge is 0.303 e. The van der Waals surface area contributed by atoms with Crippen LogP contribution in [0, 0.1) is 0 Å². The molecule has 0 aliphatic carbocycles. The van der Waals surface area contributed by atoms with E-state index in [9.17, 15) is 19.2 Å². The Bertz CT molecular complexity index is 663. The molecule has 1 rings (SSSR count). The molecule has 0 unspecified atom stereocenters. The third-order valence-corrected chi connectivity index (χ3v) is 4.35. The maximum absolute atomic E-state index is 11.7. The summed E-state index contributed by atoms with van der Waals surface area (Å²) in [6.07, 6.45) is -5.42. The maximum Gasteiger partial charge on any atom is 0.303 e. The van der Waals surface area contributed by atoms with Crippen molar-refractivity contribution in [1.82, 2.24) is 0 Å². The summed E-state index contributed by atoms with van der Waals surface area (Å²) in [4.78, 5) is 46.2. The molecule has 0 spiro atoms. The van der Waals surface area contributed by atoms with Crippen molar-refractivity contribution in [3.05, 3.63) is 0 Å². The van der Waals surface area contributed by atoms with Crippen LogP contribution < -0.4 is 0 Å². The fourth-order valence-electron chi connectivity index (χ4n) is 2.64. The molecule has 0 radical (unpaired) electrons. The summed E-state index contributed by atoms with van der Waals surface area (Å²) in [6.45, 7) is 10.3. The molecule has 11 heteroatoms. The molecule has 1 aliphatic rings. The van der Waals surface area contributed by atoms with Crippen LogP contribution in [-0.4, -0.2) is 81.1 Å². The number of rotatable bonds is 6. The van der Waals surface area contributed by atoms with E-state index in [-0.39, 0.29) is 6.61 Å². The van der Waals surface area contributed by atoms with Crippen molar-refractivity contribution in [1.29, 1.82) is 0 Å². The van der Waals surface area contributed by atoms with Crippen molar-refractivity contribution in [2.24, 2.45) is 4.74 Å². The quantitative estimate of drug-likeness (QED) is 0.353. The van der Waals surface area contributed by atoms with Crippen molar-refractivity contribution in [3.63, 3.8) is 0 Å². The molecular formula is C17H28NO9P. The van der Waals surface area contributed by atoms with Crippen LogP contribution >= 0.6 is 7.05 Å². The van der Waals surface area contributed by atoms with Gasteiger partial charge in [-0.1, -0.05) is 0 Å². The van der Waals surface area contributed by atoms with E-state index < -0.39 is 61.6 Å². The summed E-state index contributed by atoms with van der Waals surface area (Å²) in [5.74, 6) is -2.54. The van der Waals surface area contributed by atoms with Gasteiger partial charge in [0.25, 0.3) is 0 Å². The lowest BCUT2D eigenvalue weighted by atomic mass is 9.97. The van der Waals surface area contributed by atoms with E-state index in [0.29, 0.717) is 0 Å². The SMILES string of the molecule is CC(=O)OC[C@H]1O[C@H](N=P(C)(C)C)[C@H](OC(C)=O)[C@@H](OC(C)=O)[C@@H]1OC(C)=O. The molecule has 0 N–H and O–H groups in total. The fraction of sp³-hybridized carbons (Fsp3) is 0.765. The topological polar surface area (TPSA) is 127 Å². The summed E-state index contributed by atoms with van der Waals surface area (Å²) in [7, 11) is -1.78. The number of hydrogen-bond acceptors (Lipinski definition) is 10. The Morgan fingerprint density at radius 3 is 1.68 bits per heavy atom. The monoisotopic (exact) mass is 421 g/mol. The van der Waals surface area contributed by atoms with Gasteiger partial charge in [-0.25, -0.2) is 0 Å². The average Bonchev–Trinajstić information content (AvgIpc) is 2.48. The van der Waals surface area contributed by atoms with Gasteiger partial charge in [0.2, 0.25) is 0 Å². The first-order valence-electron chi connectivity index (χ1n) is 8.64. The molecule has 0 amide bonds. The lowest BCUT2D eigenvalue weighted by Gasteiger charge is -2.43. The van der Waals surface area contributed by atoms with Gasteiger partial charge in [-0.3, -0.25) is 23.9 Å². The average molecular weight is 421 g/mol. The highest BCUT2D eigenvalue weighted by Gasteiger charge is 2.52. The minimum Gasteiger partial charge on any atom is -0.463 e. The van der Waals surface area contributed by atoms with Gasteiger partial charge < -0.3 is 23.7 Å². The molecule has 0 saturated carbocycles. The molecule has 10 nitrogen and oxygen atoms in total. The van der Waals surface area contributed by atoms with Crippen molar-refractivity contribution in [2.75, 3.05) is 26.6 Å². The highest BCUT2D eigenvalue weighted by molar-refractivity contribution is 7.64. The van der Waals surface area contributed by atoms with Crippen LogP contribution in [0.1, 0.15) is 27.7 Å². The normalized spacial score (nSPS) is 27.3. The van der Waals surface area contributed by atoms with E-state index in [1.54, 1.807) is 0 Å². The summed E-state index contributed by atoms with van der Waals surface area (Å²) in [6, 6.07) is 0. The second-order valence-electron chi connectivity index (χ2n) is 7.15. The first-order chi connectivity index (χ1) is 12.8. The largest absolute Gasteiger partial charge is 0.463 e. The third kappa shape index (κ3) is 7.98. The van der Waals surface area contributed by atoms with Gasteiger partial charge in [-0.2, -0.15) is 0 Å². The van der Waals surface area contributed by atoms with Gasteiger partial charge in [-0.15, -0.1) is 0 Å². The summed E-state index contributed by atoms with van der Waals surface area (Å²) < 4.78 is 31.4. The minimum atomic E-state index is -1.78. The Morgan fingerprint density at radius 1 is 0.786 bits per heavy atom. The Labute approximate surface area is 164 Å². The number of nitrogens with zero attached hydrogens (tertiary/aromatic N) is 1. The van der Waals surface area contributed by atoms with Gasteiger partial charge in [0.15, 0.2) is 24.5 Å². The van der Waals surface area contributed by atoms with E-state index in [0.717, 1.165) is 0 Å². The van der Waals surface area contributed by atoms with E-state index in [1.807, 2.05) is 20.0 Å². The molecule has 1 aliphatic heterocycles. The van der Waals surface area contributed by atoms with E-state index in [2.05, 4.69) is 4.74 Å². The Hall–Kier alpha value is -1.93. The van der Waals surface area contributed by atoms with Crippen LogP contribution in [0.15, 0.2) is 4.74 Å². The van der Waals surface area contributed by atoms with Crippen LogP contribution in [0.25, 0.3) is 0 Å². The highest BCUT2D eigenvalue weighted by atomic mass is 31.2. The van der Waals surface area contributed by atoms with Crippen LogP contribution in [0.4, 0.5) is 0 Å². The predicted octanol–water partition coefficient (Wildman–Crippen LogP) is 1.16. The van der Waals surface area contributed by atoms with Gasteiger partial charge in [0.05, 0.1) is 0 Å². The van der Waals surface area contributed by atoms with Crippen molar-refractivity contribution in [3.8, 4) is 0 Å². The second-order valence-corrected chi connectivity index (χ2v) is 11.3. The van der Waals surface area contributed by atoms with Crippen LogP contribution in [0.3, 0.4) is 0 Å². The molecular weight excluding hydrogens is 393 g/mol. The highest BCUT2D eigenvalue weighted by Crippen LogP contribution is 2.40. The van der Waals surface area contributed by atoms with E-state index in [4.69, 9.17) is 23.7 Å². The molecule has 1 fully saturated rings. The summed E-state index contributed by atoms with van der Waals surface area (Å²) >= 11 is 0. The number of ether oxygens (including phenoxy) is 5. The first-order valence-corrected chi connectivity index (χ1v) is 11.7. The van der Waals surface area contributed by atoms with Gasteiger partial charge in [0.1, 0.15) is 12.7 Å². The van der Waals surface area contributed by atoms with Crippen LogP contribution in [-0.2, 0) is 42.9 Å². The molecule has 0 bridgehead atoms. The Balaban J connectivity index is 3.41. The first kappa shape index (κ1) is 24.1. The van der Waals surface area contributed by atoms with Crippen LogP contribution in [0.2, 0.25) is 0 Å². The molecule has 28 heavy (non-hydrogen) atoms. The Morgan fingerprint density at radius 2 is 1.25 bits per heavy atom. The standard InChI is InChI=1S/C17H28NO9P/c1-9(19)23-8-13-14(24-10(2)20)15(25-11(3)21)16(26-12(4)22)17(27-13)18-28(5,6)7/h13-17H,8H2,1-7H3/t13-,14-,15+,16-,17+/m1/s1. The molecule has 0 aromatic heterocycles. The molecule has 160 valence electrons. The van der Waals surface area contributed by atoms with Gasteiger partial charge in [-0.05, 0) is 27.0 Å². The molecule has 1 heterocycles. The number of hydrogen-bond donors (Lipinski definition) is 0. The molecule has 0 aromatic carbocycles. The van der Waals surface area contributed by atoms with Crippen LogP contribution in [0.5, 0.6) is 0 Å². The summed E-state index contributed by atoms with van der Waals surface area (Å²) in [5, 5.41) is 0. The van der Waals surface area contributed by atoms with E-state index in [1.165, 1.54) is 27.7 Å². The number of carbonyl (C=O) groups is 4. The molecule has 0 aromatic rings. The van der Waals surface area contributed by atoms with Crippen molar-refractivity contribution in [2.45, 2.75) is 58.3 Å². The number of esters is 4. The minimum absolute atomic E-state index is 0.257. The third-order valence-electron chi connectivity index (χ3n) is 3.43.